The number of hydrogen-bond donors (Lipinski definition) is 0. The van der Waals surface area contributed by atoms with Crippen molar-refractivity contribution < 1.29 is 4.79 Å². The van der Waals surface area contributed by atoms with Crippen molar-refractivity contribution in [3.05, 3.63) is 0 Å². The van der Waals surface area contributed by atoms with Gasteiger partial charge in [0.1, 0.15) is 0 Å². The lowest BCUT2D eigenvalue weighted by Gasteiger charge is -2.42. The van der Waals surface area contributed by atoms with E-state index < -0.39 is 0 Å². The number of rotatable bonds is 0. The highest BCUT2D eigenvalue weighted by molar-refractivity contribution is 5.73. The van der Waals surface area contributed by atoms with Gasteiger partial charge in [-0.25, -0.2) is 0 Å². The Labute approximate surface area is 74.9 Å². The van der Waals surface area contributed by atoms with Crippen LogP contribution >= 0.6 is 0 Å². The molecule has 0 aliphatic carbocycles. The molecule has 0 bridgehead atoms. The standard InChI is InChI=1S/C10H19NO/c1-8-5-6-11(9(2)12)7-10(8,3)4/h8H,5-7H2,1-4H3. The first-order chi connectivity index (χ1) is 5.43. The summed E-state index contributed by atoms with van der Waals surface area (Å²) in [5.41, 5.74) is 0.296. The van der Waals surface area contributed by atoms with Crippen LogP contribution in [0.5, 0.6) is 0 Å². The maximum Gasteiger partial charge on any atom is 0.219 e. The highest BCUT2D eigenvalue weighted by Gasteiger charge is 2.33. The SMILES string of the molecule is CC(=O)N1CCC(C)C(C)(C)C1. The van der Waals surface area contributed by atoms with E-state index in [0.717, 1.165) is 25.4 Å². The molecule has 0 aromatic carbocycles. The second kappa shape index (κ2) is 3.08. The molecule has 70 valence electrons. The zero-order chi connectivity index (χ0) is 9.35. The van der Waals surface area contributed by atoms with Gasteiger partial charge in [0.15, 0.2) is 0 Å². The fourth-order valence-electron chi connectivity index (χ4n) is 1.74. The Kier molecular flexibility index (Phi) is 2.45. The molecule has 1 aliphatic heterocycles. The molecule has 1 amide bonds. The maximum atomic E-state index is 11.1. The fraction of sp³-hybridized carbons (Fsp3) is 0.900. The van der Waals surface area contributed by atoms with Gasteiger partial charge in [-0.2, -0.15) is 0 Å². The van der Waals surface area contributed by atoms with Crippen molar-refractivity contribution in [3.63, 3.8) is 0 Å². The van der Waals surface area contributed by atoms with Crippen LogP contribution in [0, 0.1) is 11.3 Å². The molecule has 12 heavy (non-hydrogen) atoms. The van der Waals surface area contributed by atoms with E-state index in [1.54, 1.807) is 6.92 Å². The van der Waals surface area contributed by atoms with Crippen LogP contribution in [0.3, 0.4) is 0 Å². The van der Waals surface area contributed by atoms with Crippen LogP contribution < -0.4 is 0 Å². The molecule has 1 unspecified atom stereocenters. The number of nitrogens with zero attached hydrogens (tertiary/aromatic N) is 1. The minimum Gasteiger partial charge on any atom is -0.342 e. The predicted octanol–water partition coefficient (Wildman–Crippen LogP) is 1.90. The van der Waals surface area contributed by atoms with Crippen molar-refractivity contribution in [1.29, 1.82) is 0 Å². The topological polar surface area (TPSA) is 20.3 Å². The number of likely N-dealkylation sites (tertiary alicyclic amines) is 1. The van der Waals surface area contributed by atoms with Gasteiger partial charge in [-0.3, -0.25) is 4.79 Å². The van der Waals surface area contributed by atoms with Crippen molar-refractivity contribution in [2.75, 3.05) is 13.1 Å². The van der Waals surface area contributed by atoms with Crippen LogP contribution in [0.15, 0.2) is 0 Å². The lowest BCUT2D eigenvalue weighted by molar-refractivity contribution is -0.133. The van der Waals surface area contributed by atoms with Gasteiger partial charge in [-0.05, 0) is 17.8 Å². The zero-order valence-corrected chi connectivity index (χ0v) is 8.55. The van der Waals surface area contributed by atoms with Gasteiger partial charge < -0.3 is 4.90 Å². The summed E-state index contributed by atoms with van der Waals surface area (Å²) >= 11 is 0. The van der Waals surface area contributed by atoms with Crippen LogP contribution in [-0.2, 0) is 4.79 Å². The first-order valence-corrected chi connectivity index (χ1v) is 4.69. The van der Waals surface area contributed by atoms with E-state index in [0.29, 0.717) is 5.41 Å². The molecule has 0 N–H and O–H groups in total. The van der Waals surface area contributed by atoms with Gasteiger partial charge in [-0.15, -0.1) is 0 Å². The highest BCUT2D eigenvalue weighted by Crippen LogP contribution is 2.34. The monoisotopic (exact) mass is 169 g/mol. The van der Waals surface area contributed by atoms with E-state index in [4.69, 9.17) is 0 Å². The van der Waals surface area contributed by atoms with Crippen molar-refractivity contribution >= 4 is 5.91 Å². The van der Waals surface area contributed by atoms with E-state index in [1.807, 2.05) is 4.90 Å². The van der Waals surface area contributed by atoms with Gasteiger partial charge in [0.05, 0.1) is 0 Å². The molecular formula is C10H19NO. The van der Waals surface area contributed by atoms with Crippen molar-refractivity contribution in [2.45, 2.75) is 34.1 Å². The summed E-state index contributed by atoms with van der Waals surface area (Å²) in [4.78, 5) is 13.1. The van der Waals surface area contributed by atoms with E-state index in [1.165, 1.54) is 0 Å². The number of amides is 1. The average Bonchev–Trinajstić information content (AvgIpc) is 1.94. The Balaban J connectivity index is 2.63. The lowest BCUT2D eigenvalue weighted by Crippen LogP contribution is -2.46. The van der Waals surface area contributed by atoms with E-state index in [9.17, 15) is 4.79 Å². The van der Waals surface area contributed by atoms with Crippen LogP contribution in [-0.4, -0.2) is 23.9 Å². The third kappa shape index (κ3) is 1.79. The maximum absolute atomic E-state index is 11.1. The zero-order valence-electron chi connectivity index (χ0n) is 8.55. The van der Waals surface area contributed by atoms with Crippen LogP contribution in [0.1, 0.15) is 34.1 Å². The van der Waals surface area contributed by atoms with Crippen LogP contribution in [0.4, 0.5) is 0 Å². The first-order valence-electron chi connectivity index (χ1n) is 4.69. The normalized spacial score (nSPS) is 28.7. The molecular weight excluding hydrogens is 150 g/mol. The predicted molar refractivity (Wildman–Crippen MR) is 49.8 cm³/mol. The largest absolute Gasteiger partial charge is 0.342 e. The molecule has 1 atom stereocenters. The molecule has 2 heteroatoms. The molecule has 0 aromatic rings. The smallest absolute Gasteiger partial charge is 0.219 e. The molecule has 1 saturated heterocycles. The summed E-state index contributed by atoms with van der Waals surface area (Å²) in [6.07, 6.45) is 1.15. The summed E-state index contributed by atoms with van der Waals surface area (Å²) in [6.45, 7) is 10.3. The lowest BCUT2D eigenvalue weighted by atomic mass is 9.75. The summed E-state index contributed by atoms with van der Waals surface area (Å²) < 4.78 is 0. The van der Waals surface area contributed by atoms with Crippen LogP contribution in [0.2, 0.25) is 0 Å². The third-order valence-corrected chi connectivity index (χ3v) is 3.21. The molecule has 0 radical (unpaired) electrons. The van der Waals surface area contributed by atoms with Gasteiger partial charge in [0.2, 0.25) is 5.91 Å². The van der Waals surface area contributed by atoms with Crippen molar-refractivity contribution in [1.82, 2.24) is 4.90 Å². The van der Waals surface area contributed by atoms with Crippen molar-refractivity contribution in [2.24, 2.45) is 11.3 Å². The number of carbonyl (C=O) groups is 1. The van der Waals surface area contributed by atoms with Gasteiger partial charge in [0, 0.05) is 20.0 Å². The van der Waals surface area contributed by atoms with Crippen molar-refractivity contribution in [3.8, 4) is 0 Å². The van der Waals surface area contributed by atoms with Gasteiger partial charge >= 0.3 is 0 Å². The molecule has 0 saturated carbocycles. The summed E-state index contributed by atoms with van der Waals surface area (Å²) in [6, 6.07) is 0. The van der Waals surface area contributed by atoms with E-state index >= 15 is 0 Å². The van der Waals surface area contributed by atoms with Gasteiger partial charge in [-0.1, -0.05) is 20.8 Å². The molecule has 1 fully saturated rings. The minimum absolute atomic E-state index is 0.218. The van der Waals surface area contributed by atoms with E-state index in [2.05, 4.69) is 20.8 Å². The molecule has 2 nitrogen and oxygen atoms in total. The Morgan fingerprint density at radius 1 is 1.50 bits per heavy atom. The first kappa shape index (κ1) is 9.56. The summed E-state index contributed by atoms with van der Waals surface area (Å²) in [5.74, 6) is 0.947. The van der Waals surface area contributed by atoms with E-state index in [-0.39, 0.29) is 5.91 Å². The second-order valence-corrected chi connectivity index (χ2v) is 4.62. The molecule has 1 rings (SSSR count). The summed E-state index contributed by atoms with van der Waals surface area (Å²) in [5, 5.41) is 0. The third-order valence-electron chi connectivity index (χ3n) is 3.21. The highest BCUT2D eigenvalue weighted by atomic mass is 16.2. The molecule has 0 aromatic heterocycles. The minimum atomic E-state index is 0.218. The average molecular weight is 169 g/mol. The Bertz CT molecular complexity index is 186. The number of hydrogen-bond acceptors (Lipinski definition) is 1. The van der Waals surface area contributed by atoms with Gasteiger partial charge in [0.25, 0.3) is 0 Å². The quantitative estimate of drug-likeness (QED) is 0.542. The fourth-order valence-corrected chi connectivity index (χ4v) is 1.74. The summed E-state index contributed by atoms with van der Waals surface area (Å²) in [7, 11) is 0. The number of piperidine rings is 1. The Hall–Kier alpha value is -0.530. The molecule has 0 spiro atoms. The Morgan fingerprint density at radius 3 is 2.50 bits per heavy atom. The second-order valence-electron chi connectivity index (χ2n) is 4.62. The van der Waals surface area contributed by atoms with Crippen LogP contribution in [0.25, 0.3) is 0 Å². The molecule has 1 aliphatic rings. The molecule has 1 heterocycles. The Morgan fingerprint density at radius 2 is 2.08 bits per heavy atom. The number of carbonyl (C=O) groups excluding carboxylic acids is 1.